The van der Waals surface area contributed by atoms with Gasteiger partial charge in [-0.2, -0.15) is 10.2 Å². The fourth-order valence-corrected chi connectivity index (χ4v) is 3.00. The Morgan fingerprint density at radius 3 is 2.55 bits per heavy atom. The number of aromatic amines is 1. The summed E-state index contributed by atoms with van der Waals surface area (Å²) in [4.78, 5) is 12.4. The van der Waals surface area contributed by atoms with Gasteiger partial charge in [-0.3, -0.25) is 9.89 Å². The number of amides is 1. The second-order valence-corrected chi connectivity index (χ2v) is 7.15. The highest BCUT2D eigenvalue weighted by Crippen LogP contribution is 2.22. The molecule has 0 bridgehead atoms. The van der Waals surface area contributed by atoms with E-state index in [4.69, 9.17) is 4.74 Å². The Labute approximate surface area is 180 Å². The Hall–Kier alpha value is -4.19. The highest BCUT2D eigenvalue weighted by molar-refractivity contribution is 5.94. The van der Waals surface area contributed by atoms with Crippen LogP contribution < -0.4 is 10.2 Å². The van der Waals surface area contributed by atoms with Crippen LogP contribution >= 0.6 is 0 Å². The van der Waals surface area contributed by atoms with Gasteiger partial charge in [0.2, 0.25) is 0 Å². The minimum Gasteiger partial charge on any atom is -0.457 e. The number of aryl methyl sites for hydroxylation is 2. The second-order valence-electron chi connectivity index (χ2n) is 7.15. The molecular weight excluding hydrogens is 388 g/mol. The maximum Gasteiger partial charge on any atom is 0.289 e. The Balaban J connectivity index is 1.39. The van der Waals surface area contributed by atoms with Crippen LogP contribution in [0.4, 0.5) is 0 Å². The van der Waals surface area contributed by atoms with Gasteiger partial charge in [-0.15, -0.1) is 0 Å². The van der Waals surface area contributed by atoms with Crippen LogP contribution in [-0.2, 0) is 0 Å². The highest BCUT2D eigenvalue weighted by atomic mass is 16.5. The predicted molar refractivity (Wildman–Crippen MR) is 122 cm³/mol. The summed E-state index contributed by atoms with van der Waals surface area (Å²) in [6.45, 7) is 4.11. The third-order valence-electron chi connectivity index (χ3n) is 4.84. The van der Waals surface area contributed by atoms with Crippen LogP contribution in [-0.4, -0.2) is 22.3 Å². The molecule has 1 aromatic heterocycles. The topological polar surface area (TPSA) is 79.4 Å². The average Bonchev–Trinajstić information content (AvgIpc) is 3.27. The first kappa shape index (κ1) is 20.1. The summed E-state index contributed by atoms with van der Waals surface area (Å²) in [5, 5.41) is 11.1. The van der Waals surface area contributed by atoms with Gasteiger partial charge in [-0.25, -0.2) is 5.43 Å². The summed E-state index contributed by atoms with van der Waals surface area (Å²) in [5.74, 6) is 1.08. The van der Waals surface area contributed by atoms with Gasteiger partial charge in [-0.05, 0) is 66.9 Å². The molecule has 6 nitrogen and oxygen atoms in total. The number of H-pyrrole nitrogens is 1. The molecule has 3 aromatic carbocycles. The molecule has 1 heterocycles. The smallest absolute Gasteiger partial charge is 0.289 e. The van der Waals surface area contributed by atoms with Crippen LogP contribution in [0.25, 0.3) is 11.3 Å². The number of ether oxygens (including phenoxy) is 1. The number of carbonyl (C=O) groups is 1. The van der Waals surface area contributed by atoms with Gasteiger partial charge in [-0.1, -0.05) is 42.5 Å². The predicted octanol–water partition coefficient (Wildman–Crippen LogP) is 5.25. The Morgan fingerprint density at radius 2 is 1.74 bits per heavy atom. The van der Waals surface area contributed by atoms with Crippen molar-refractivity contribution in [2.75, 3.05) is 0 Å². The van der Waals surface area contributed by atoms with Gasteiger partial charge in [0.25, 0.3) is 5.91 Å². The molecule has 0 spiro atoms. The summed E-state index contributed by atoms with van der Waals surface area (Å²) in [7, 11) is 0. The summed E-state index contributed by atoms with van der Waals surface area (Å²) >= 11 is 0. The van der Waals surface area contributed by atoms with Gasteiger partial charge in [0.15, 0.2) is 0 Å². The number of carbonyl (C=O) groups excluding carboxylic acids is 1. The minimum absolute atomic E-state index is 0.339. The first-order chi connectivity index (χ1) is 15.1. The SMILES string of the molecule is Cc1ccc(-c2cc(C(=O)NN=Cc3cccc(Oc4ccccc4)c3)[nH]n2)cc1C. The van der Waals surface area contributed by atoms with Crippen molar-refractivity contribution in [1.29, 1.82) is 0 Å². The summed E-state index contributed by atoms with van der Waals surface area (Å²) in [6.07, 6.45) is 1.57. The summed E-state index contributed by atoms with van der Waals surface area (Å²) in [6, 6.07) is 24.8. The second kappa shape index (κ2) is 9.09. The maximum absolute atomic E-state index is 12.4. The molecule has 4 aromatic rings. The molecule has 0 aliphatic heterocycles. The molecule has 1 amide bonds. The van der Waals surface area contributed by atoms with E-state index in [1.807, 2.05) is 73.7 Å². The number of nitrogens with zero attached hydrogens (tertiary/aromatic N) is 2. The van der Waals surface area contributed by atoms with Crippen molar-refractivity contribution in [3.8, 4) is 22.8 Å². The first-order valence-electron chi connectivity index (χ1n) is 9.88. The molecule has 0 atom stereocenters. The maximum atomic E-state index is 12.4. The van der Waals surface area contributed by atoms with Crippen LogP contribution in [0.5, 0.6) is 11.5 Å². The van der Waals surface area contributed by atoms with Crippen molar-refractivity contribution >= 4 is 12.1 Å². The normalized spacial score (nSPS) is 10.9. The van der Waals surface area contributed by atoms with E-state index in [1.165, 1.54) is 11.1 Å². The quantitative estimate of drug-likeness (QED) is 0.337. The molecule has 154 valence electrons. The molecule has 2 N–H and O–H groups in total. The number of nitrogens with one attached hydrogen (secondary N) is 2. The fraction of sp³-hybridized carbons (Fsp3) is 0.0800. The van der Waals surface area contributed by atoms with Gasteiger partial charge < -0.3 is 4.74 Å². The molecule has 0 saturated carbocycles. The van der Waals surface area contributed by atoms with Crippen molar-refractivity contribution in [2.45, 2.75) is 13.8 Å². The van der Waals surface area contributed by atoms with E-state index in [0.717, 1.165) is 16.9 Å². The van der Waals surface area contributed by atoms with Crippen molar-refractivity contribution < 1.29 is 9.53 Å². The number of para-hydroxylation sites is 1. The molecule has 0 saturated heterocycles. The molecule has 0 aliphatic carbocycles. The first-order valence-corrected chi connectivity index (χ1v) is 9.88. The van der Waals surface area contributed by atoms with E-state index in [0.29, 0.717) is 17.1 Å². The number of hydrogen-bond acceptors (Lipinski definition) is 4. The van der Waals surface area contributed by atoms with Crippen molar-refractivity contribution in [3.05, 3.63) is 101 Å². The van der Waals surface area contributed by atoms with E-state index in [2.05, 4.69) is 33.7 Å². The molecule has 0 radical (unpaired) electrons. The largest absolute Gasteiger partial charge is 0.457 e. The third-order valence-corrected chi connectivity index (χ3v) is 4.84. The van der Waals surface area contributed by atoms with Crippen LogP contribution in [0.3, 0.4) is 0 Å². The Morgan fingerprint density at radius 1 is 0.935 bits per heavy atom. The highest BCUT2D eigenvalue weighted by Gasteiger charge is 2.11. The molecule has 31 heavy (non-hydrogen) atoms. The monoisotopic (exact) mass is 410 g/mol. The van der Waals surface area contributed by atoms with Crippen LogP contribution in [0.2, 0.25) is 0 Å². The van der Waals surface area contributed by atoms with Gasteiger partial charge in [0.1, 0.15) is 17.2 Å². The van der Waals surface area contributed by atoms with Gasteiger partial charge >= 0.3 is 0 Å². The number of benzene rings is 3. The molecule has 6 heteroatoms. The lowest BCUT2D eigenvalue weighted by atomic mass is 10.0. The van der Waals surface area contributed by atoms with E-state index in [1.54, 1.807) is 12.3 Å². The van der Waals surface area contributed by atoms with E-state index < -0.39 is 0 Å². The van der Waals surface area contributed by atoms with Crippen LogP contribution in [0.15, 0.2) is 84.0 Å². The molecule has 4 rings (SSSR count). The van der Waals surface area contributed by atoms with Crippen molar-refractivity contribution in [2.24, 2.45) is 5.10 Å². The summed E-state index contributed by atoms with van der Waals surface area (Å²) in [5.41, 5.74) is 7.71. The zero-order chi connectivity index (χ0) is 21.6. The number of aromatic nitrogens is 2. The lowest BCUT2D eigenvalue weighted by Crippen LogP contribution is -2.18. The number of rotatable bonds is 6. The van der Waals surface area contributed by atoms with Crippen molar-refractivity contribution in [1.82, 2.24) is 15.6 Å². The van der Waals surface area contributed by atoms with Crippen LogP contribution in [0.1, 0.15) is 27.2 Å². The lowest BCUT2D eigenvalue weighted by molar-refractivity contribution is 0.0950. The molecule has 0 aliphatic rings. The standard InChI is InChI=1S/C25H22N4O2/c1-17-11-12-20(13-18(17)2)23-15-24(28-27-23)25(30)29-26-16-19-7-6-10-22(14-19)31-21-8-4-3-5-9-21/h3-16H,1-2H3,(H,27,28)(H,29,30). The molecule has 0 unspecified atom stereocenters. The molecule has 0 fully saturated rings. The van der Waals surface area contributed by atoms with E-state index in [9.17, 15) is 4.79 Å². The third kappa shape index (κ3) is 5.05. The molecular formula is C25H22N4O2. The summed E-state index contributed by atoms with van der Waals surface area (Å²) < 4.78 is 5.81. The van der Waals surface area contributed by atoms with Gasteiger partial charge in [0.05, 0.1) is 11.9 Å². The van der Waals surface area contributed by atoms with E-state index >= 15 is 0 Å². The zero-order valence-electron chi connectivity index (χ0n) is 17.3. The Bertz CT molecular complexity index is 1230. The van der Waals surface area contributed by atoms with Crippen molar-refractivity contribution in [3.63, 3.8) is 0 Å². The van der Waals surface area contributed by atoms with Gasteiger partial charge in [0, 0.05) is 5.56 Å². The Kier molecular flexibility index (Phi) is 5.89. The fourth-order valence-electron chi connectivity index (χ4n) is 3.00. The lowest BCUT2D eigenvalue weighted by Gasteiger charge is -2.05. The zero-order valence-corrected chi connectivity index (χ0v) is 17.3. The van der Waals surface area contributed by atoms with E-state index in [-0.39, 0.29) is 5.91 Å². The minimum atomic E-state index is -0.365. The number of hydrazone groups is 1. The number of hydrogen-bond donors (Lipinski definition) is 2. The van der Waals surface area contributed by atoms with Crippen LogP contribution in [0, 0.1) is 13.8 Å². The average molecular weight is 410 g/mol.